The summed E-state index contributed by atoms with van der Waals surface area (Å²) < 4.78 is 34.2. The maximum absolute atomic E-state index is 13.5. The van der Waals surface area contributed by atoms with E-state index in [1.165, 1.54) is 11.1 Å². The average Bonchev–Trinajstić information content (AvgIpc) is 3.00. The third-order valence-electron chi connectivity index (χ3n) is 7.33. The average molecular weight is 570 g/mol. The summed E-state index contributed by atoms with van der Waals surface area (Å²) in [4.78, 5) is 15.2. The normalized spacial score (nSPS) is 15.4. The van der Waals surface area contributed by atoms with Crippen molar-refractivity contribution in [2.45, 2.75) is 30.9 Å². The maximum atomic E-state index is 13.5. The topological polar surface area (TPSA) is 78.9 Å². The molecular weight excluding hydrogens is 534 g/mol. The predicted octanol–water partition coefficient (Wildman–Crippen LogP) is 5.50. The van der Waals surface area contributed by atoms with Gasteiger partial charge in [0.1, 0.15) is 5.75 Å². The lowest BCUT2D eigenvalue weighted by molar-refractivity contribution is -0.122. The minimum absolute atomic E-state index is 0.0579. The monoisotopic (exact) mass is 569 g/mol. The van der Waals surface area contributed by atoms with E-state index < -0.39 is 16.1 Å². The Kier molecular flexibility index (Phi) is 8.83. The Morgan fingerprint density at radius 3 is 1.83 bits per heavy atom. The van der Waals surface area contributed by atoms with Crippen LogP contribution in [-0.4, -0.2) is 55.8 Å². The summed E-state index contributed by atoms with van der Waals surface area (Å²) in [6.45, 7) is 5.67. The highest BCUT2D eigenvalue weighted by Gasteiger charge is 2.32. The lowest BCUT2D eigenvalue weighted by Gasteiger charge is -2.39. The van der Waals surface area contributed by atoms with Crippen molar-refractivity contribution in [1.82, 2.24) is 9.21 Å². The van der Waals surface area contributed by atoms with Crippen molar-refractivity contribution in [1.29, 1.82) is 0 Å². The molecule has 0 bridgehead atoms. The fraction of sp³-hybridized carbons (Fsp3) is 0.242. The number of hydrogen-bond donors (Lipinski definition) is 1. The lowest BCUT2D eigenvalue weighted by atomic mass is 9.96. The van der Waals surface area contributed by atoms with Crippen LogP contribution in [0.1, 0.15) is 29.7 Å². The second-order valence-electron chi connectivity index (χ2n) is 10.3. The highest BCUT2D eigenvalue weighted by molar-refractivity contribution is 7.89. The van der Waals surface area contributed by atoms with E-state index in [4.69, 9.17) is 4.74 Å². The molecule has 1 heterocycles. The number of hydrogen-bond acceptors (Lipinski definition) is 5. The summed E-state index contributed by atoms with van der Waals surface area (Å²) in [6.07, 6.45) is -0.715. The number of benzene rings is 4. The molecule has 1 N–H and O–H groups in total. The van der Waals surface area contributed by atoms with Crippen molar-refractivity contribution in [3.05, 3.63) is 126 Å². The smallest absolute Gasteiger partial charge is 0.265 e. The molecule has 4 aromatic carbocycles. The van der Waals surface area contributed by atoms with Gasteiger partial charge in [0.05, 0.1) is 10.9 Å². The van der Waals surface area contributed by atoms with Gasteiger partial charge in [0.2, 0.25) is 10.0 Å². The van der Waals surface area contributed by atoms with Gasteiger partial charge in [0, 0.05) is 31.9 Å². The largest absolute Gasteiger partial charge is 0.481 e. The van der Waals surface area contributed by atoms with Crippen LogP contribution in [-0.2, 0) is 14.8 Å². The van der Waals surface area contributed by atoms with Crippen LogP contribution in [0.2, 0.25) is 0 Å². The van der Waals surface area contributed by atoms with Crippen LogP contribution in [0.15, 0.2) is 114 Å². The van der Waals surface area contributed by atoms with Gasteiger partial charge in [-0.2, -0.15) is 4.31 Å². The van der Waals surface area contributed by atoms with Crippen LogP contribution < -0.4 is 10.1 Å². The minimum atomic E-state index is -3.68. The summed E-state index contributed by atoms with van der Waals surface area (Å²) in [6, 6.07) is 34.5. The van der Waals surface area contributed by atoms with Crippen molar-refractivity contribution in [2.75, 3.05) is 31.5 Å². The van der Waals surface area contributed by atoms with Gasteiger partial charge in [0.15, 0.2) is 6.10 Å². The second-order valence-corrected chi connectivity index (χ2v) is 12.2. The molecule has 4 aromatic rings. The van der Waals surface area contributed by atoms with Gasteiger partial charge in [0.25, 0.3) is 5.91 Å². The minimum Gasteiger partial charge on any atom is -0.481 e. The molecule has 5 rings (SSSR count). The van der Waals surface area contributed by atoms with Gasteiger partial charge in [-0.1, -0.05) is 78.4 Å². The number of carbonyl (C=O) groups excluding carboxylic acids is 1. The Morgan fingerprint density at radius 1 is 0.756 bits per heavy atom. The van der Waals surface area contributed by atoms with Crippen LogP contribution >= 0.6 is 0 Å². The Hall–Kier alpha value is -3.98. The van der Waals surface area contributed by atoms with E-state index in [9.17, 15) is 13.2 Å². The summed E-state index contributed by atoms with van der Waals surface area (Å²) >= 11 is 0. The van der Waals surface area contributed by atoms with Crippen LogP contribution in [0.5, 0.6) is 5.75 Å². The molecule has 0 spiro atoms. The van der Waals surface area contributed by atoms with Crippen LogP contribution in [0, 0.1) is 6.92 Å². The molecule has 0 aliphatic carbocycles. The number of nitrogens with one attached hydrogen (secondary N) is 1. The van der Waals surface area contributed by atoms with Crippen LogP contribution in [0.25, 0.3) is 0 Å². The van der Waals surface area contributed by atoms with Gasteiger partial charge in [-0.05, 0) is 61.4 Å². The van der Waals surface area contributed by atoms with Crippen molar-refractivity contribution in [3.8, 4) is 5.75 Å². The molecule has 0 saturated carbocycles. The first kappa shape index (κ1) is 28.5. The van der Waals surface area contributed by atoms with Gasteiger partial charge in [-0.15, -0.1) is 0 Å². The molecule has 7 nitrogen and oxygen atoms in total. The van der Waals surface area contributed by atoms with Crippen molar-refractivity contribution in [2.24, 2.45) is 0 Å². The Balaban J connectivity index is 1.21. The summed E-state index contributed by atoms with van der Waals surface area (Å²) in [7, 11) is -3.68. The van der Waals surface area contributed by atoms with Gasteiger partial charge in [-0.3, -0.25) is 9.69 Å². The molecule has 1 unspecified atom stereocenters. The lowest BCUT2D eigenvalue weighted by Crippen LogP contribution is -2.49. The molecule has 0 radical (unpaired) electrons. The molecular formula is C33H35N3O4S. The molecule has 1 fully saturated rings. The molecule has 1 aliphatic rings. The molecule has 1 saturated heterocycles. The van der Waals surface area contributed by atoms with Crippen LogP contribution in [0.4, 0.5) is 5.69 Å². The molecule has 8 heteroatoms. The number of amides is 1. The van der Waals surface area contributed by atoms with Crippen LogP contribution in [0.3, 0.4) is 0 Å². The number of anilines is 1. The number of rotatable bonds is 9. The van der Waals surface area contributed by atoms with E-state index in [0.29, 0.717) is 37.6 Å². The summed E-state index contributed by atoms with van der Waals surface area (Å²) in [5, 5.41) is 2.80. The first-order valence-electron chi connectivity index (χ1n) is 13.8. The second kappa shape index (κ2) is 12.7. The summed E-state index contributed by atoms with van der Waals surface area (Å²) in [5.74, 6) is 0.294. The molecule has 1 atom stereocenters. The highest BCUT2D eigenvalue weighted by Crippen LogP contribution is 2.30. The Morgan fingerprint density at radius 2 is 1.29 bits per heavy atom. The highest BCUT2D eigenvalue weighted by atomic mass is 32.2. The Bertz CT molecular complexity index is 1500. The zero-order valence-corrected chi connectivity index (χ0v) is 24.1. The van der Waals surface area contributed by atoms with E-state index in [1.807, 2.05) is 67.6 Å². The third-order valence-corrected chi connectivity index (χ3v) is 9.24. The van der Waals surface area contributed by atoms with E-state index >= 15 is 0 Å². The van der Waals surface area contributed by atoms with Crippen molar-refractivity contribution in [3.63, 3.8) is 0 Å². The quantitative estimate of drug-likeness (QED) is 0.288. The Labute approximate surface area is 242 Å². The van der Waals surface area contributed by atoms with Crippen molar-refractivity contribution >= 4 is 21.6 Å². The molecule has 212 valence electrons. The fourth-order valence-electron chi connectivity index (χ4n) is 5.06. The van der Waals surface area contributed by atoms with E-state index in [-0.39, 0.29) is 16.8 Å². The molecule has 1 aliphatic heterocycles. The van der Waals surface area contributed by atoms with E-state index in [1.54, 1.807) is 35.5 Å². The molecule has 1 amide bonds. The number of sulfonamides is 1. The molecule has 0 aromatic heterocycles. The van der Waals surface area contributed by atoms with E-state index in [2.05, 4.69) is 34.5 Å². The number of nitrogens with zero attached hydrogens (tertiary/aromatic N) is 2. The SMILES string of the molecule is Cc1ccc(OC(C)C(=O)Nc2ccc(S(=O)(=O)N3CCN(C(c4ccccc4)c4ccccc4)CC3)cc2)cc1. The number of carbonyl (C=O) groups is 1. The van der Waals surface area contributed by atoms with Gasteiger partial charge >= 0.3 is 0 Å². The molecule has 41 heavy (non-hydrogen) atoms. The number of aryl methyl sites for hydroxylation is 1. The zero-order chi connectivity index (χ0) is 28.8. The van der Waals surface area contributed by atoms with Gasteiger partial charge < -0.3 is 10.1 Å². The standard InChI is InChI=1S/C33H35N3O4S/c1-25-13-17-30(18-14-25)40-26(2)33(37)34-29-15-19-31(20-16-29)41(38,39)36-23-21-35(22-24-36)32(27-9-5-3-6-10-27)28-11-7-4-8-12-28/h3-20,26,32H,21-24H2,1-2H3,(H,34,37). The number of ether oxygens (including phenoxy) is 1. The first-order chi connectivity index (χ1) is 19.8. The predicted molar refractivity (Wildman–Crippen MR) is 161 cm³/mol. The first-order valence-corrected chi connectivity index (χ1v) is 15.2. The fourth-order valence-corrected chi connectivity index (χ4v) is 6.49. The summed E-state index contributed by atoms with van der Waals surface area (Å²) in [5.41, 5.74) is 3.99. The van der Waals surface area contributed by atoms with Gasteiger partial charge in [-0.25, -0.2) is 8.42 Å². The maximum Gasteiger partial charge on any atom is 0.265 e. The van der Waals surface area contributed by atoms with Crippen molar-refractivity contribution < 1.29 is 17.9 Å². The number of piperazine rings is 1. The third kappa shape index (κ3) is 6.85. The van der Waals surface area contributed by atoms with E-state index in [0.717, 1.165) is 5.56 Å². The zero-order valence-electron chi connectivity index (χ0n) is 23.3.